The van der Waals surface area contributed by atoms with Crippen molar-refractivity contribution < 1.29 is 19.1 Å². The fourth-order valence-corrected chi connectivity index (χ4v) is 2.17. The Hall–Kier alpha value is -1.29. The van der Waals surface area contributed by atoms with Gasteiger partial charge >= 0.3 is 8.03 Å². The van der Waals surface area contributed by atoms with Crippen molar-refractivity contribution in [3.8, 4) is 0 Å². The Balaban J connectivity index is 2.22. The molecule has 1 aromatic carbocycles. The third kappa shape index (κ3) is 7.34. The third-order valence-corrected chi connectivity index (χ3v) is 3.46. The molecule has 1 unspecified atom stereocenters. The van der Waals surface area contributed by atoms with E-state index in [2.05, 4.69) is 12.1 Å². The molecule has 0 spiro atoms. The molecule has 0 aliphatic heterocycles. The van der Waals surface area contributed by atoms with Crippen LogP contribution in [0.3, 0.4) is 0 Å². The summed E-state index contributed by atoms with van der Waals surface area (Å²) < 4.78 is 10.6. The van der Waals surface area contributed by atoms with E-state index in [9.17, 15) is 9.36 Å². The molecule has 0 radical (unpaired) electrons. The lowest BCUT2D eigenvalue weighted by atomic mass is 10.1. The summed E-state index contributed by atoms with van der Waals surface area (Å²) in [6.45, 7) is 2.23. The Morgan fingerprint density at radius 1 is 1.30 bits per heavy atom. The number of hydrogen-bond acceptors (Lipinski definition) is 3. The lowest BCUT2D eigenvalue weighted by Crippen LogP contribution is -2.30. The van der Waals surface area contributed by atoms with E-state index in [1.54, 1.807) is 0 Å². The first-order chi connectivity index (χ1) is 9.59. The number of nitrogens with zero attached hydrogens (tertiary/aromatic N) is 1. The highest BCUT2D eigenvalue weighted by molar-refractivity contribution is 7.37. The van der Waals surface area contributed by atoms with Gasteiger partial charge in [0.25, 0.3) is 0 Å². The van der Waals surface area contributed by atoms with Crippen molar-refractivity contribution in [1.82, 2.24) is 5.06 Å². The number of hydroxylamine groups is 2. The zero-order chi connectivity index (χ0) is 14.8. The van der Waals surface area contributed by atoms with Gasteiger partial charge in [0, 0.05) is 13.3 Å². The van der Waals surface area contributed by atoms with Crippen LogP contribution in [-0.2, 0) is 20.6 Å². The molecule has 1 aromatic rings. The molecule has 0 saturated carbocycles. The Morgan fingerprint density at radius 2 is 2.00 bits per heavy atom. The second kappa shape index (κ2) is 9.59. The van der Waals surface area contributed by atoms with Gasteiger partial charge in [0.2, 0.25) is 5.91 Å². The molecule has 6 heteroatoms. The first-order valence-corrected chi connectivity index (χ1v) is 8.08. The molecule has 1 N–H and O–H groups in total. The van der Waals surface area contributed by atoms with E-state index in [4.69, 9.17) is 9.73 Å². The highest BCUT2D eigenvalue weighted by atomic mass is 31.1. The Bertz CT molecular complexity index is 424. The molecule has 20 heavy (non-hydrogen) atoms. The summed E-state index contributed by atoms with van der Waals surface area (Å²) in [7, 11) is -2.14. The highest BCUT2D eigenvalue weighted by Gasteiger charge is 2.14. The van der Waals surface area contributed by atoms with Gasteiger partial charge in [-0.2, -0.15) is 4.89 Å². The average molecular weight is 298 g/mol. The fraction of sp³-hybridized carbons (Fsp3) is 0.500. The van der Waals surface area contributed by atoms with Crippen LogP contribution in [0.25, 0.3) is 0 Å². The zero-order valence-electron chi connectivity index (χ0n) is 11.7. The molecule has 0 aliphatic rings. The molecule has 5 nitrogen and oxygen atoms in total. The molecule has 1 rings (SSSR count). The molecule has 0 bridgehead atoms. The van der Waals surface area contributed by atoms with Crippen LogP contribution < -0.4 is 0 Å². The number of carbonyl (C=O) groups is 1. The smallest absolute Gasteiger partial charge is 0.273 e. The van der Waals surface area contributed by atoms with E-state index in [1.165, 1.54) is 17.6 Å². The van der Waals surface area contributed by atoms with Crippen LogP contribution in [0, 0.1) is 0 Å². The molecular weight excluding hydrogens is 277 g/mol. The van der Waals surface area contributed by atoms with Gasteiger partial charge in [-0.05, 0) is 23.0 Å². The van der Waals surface area contributed by atoms with Gasteiger partial charge < -0.3 is 0 Å². The molecule has 1 amide bonds. The molecule has 0 aromatic heterocycles. The summed E-state index contributed by atoms with van der Waals surface area (Å²) >= 11 is 0. The van der Waals surface area contributed by atoms with Gasteiger partial charge in [0.05, 0.1) is 13.2 Å². The van der Waals surface area contributed by atoms with Crippen molar-refractivity contribution in [1.29, 1.82) is 0 Å². The van der Waals surface area contributed by atoms with E-state index in [1.807, 2.05) is 18.2 Å². The summed E-state index contributed by atoms with van der Waals surface area (Å²) in [4.78, 5) is 25.5. The van der Waals surface area contributed by atoms with Gasteiger partial charge in [-0.25, -0.2) is 5.06 Å². The van der Waals surface area contributed by atoms with Crippen molar-refractivity contribution in [3.05, 3.63) is 35.9 Å². The van der Waals surface area contributed by atoms with Gasteiger partial charge in [-0.3, -0.25) is 9.63 Å². The minimum absolute atomic E-state index is 0.183. The predicted molar refractivity (Wildman–Crippen MR) is 77.4 cm³/mol. The van der Waals surface area contributed by atoms with E-state index < -0.39 is 8.03 Å². The maximum absolute atomic E-state index is 11.3. The quantitative estimate of drug-likeness (QED) is 0.432. The normalized spacial score (nSPS) is 11.2. The molecule has 0 heterocycles. The summed E-state index contributed by atoms with van der Waals surface area (Å²) in [5.74, 6) is -0.183. The largest absolute Gasteiger partial charge is 0.505 e. The predicted octanol–water partition coefficient (Wildman–Crippen LogP) is 2.52. The van der Waals surface area contributed by atoms with E-state index in [0.717, 1.165) is 12.8 Å². The number of aryl methyl sites for hydroxylation is 1. The maximum atomic E-state index is 11.3. The molecule has 0 saturated heterocycles. The number of carbonyl (C=O) groups excluding carboxylic acids is 1. The molecule has 110 valence electrons. The first kappa shape index (κ1) is 16.8. The van der Waals surface area contributed by atoms with Crippen LogP contribution >= 0.6 is 8.03 Å². The molecule has 1 atom stereocenters. The van der Waals surface area contributed by atoms with Crippen molar-refractivity contribution in [2.24, 2.45) is 0 Å². The monoisotopic (exact) mass is 298 g/mol. The van der Waals surface area contributed by atoms with Crippen LogP contribution in [0.2, 0.25) is 0 Å². The van der Waals surface area contributed by atoms with E-state index in [0.29, 0.717) is 19.6 Å². The van der Waals surface area contributed by atoms with Crippen molar-refractivity contribution in [3.63, 3.8) is 0 Å². The van der Waals surface area contributed by atoms with Crippen LogP contribution in [0.4, 0.5) is 0 Å². The van der Waals surface area contributed by atoms with Gasteiger partial charge in [-0.1, -0.05) is 30.3 Å². The lowest BCUT2D eigenvalue weighted by Gasteiger charge is -2.19. The molecule has 0 aliphatic carbocycles. The Labute approximate surface area is 120 Å². The number of hydrogen-bond donors (Lipinski definition) is 1. The minimum Gasteiger partial charge on any atom is -0.273 e. The SMILES string of the molecule is CC(=O)N(CCC[P+](=O)O)OCCCc1ccccc1. The maximum Gasteiger partial charge on any atom is 0.505 e. The van der Waals surface area contributed by atoms with Gasteiger partial charge in [-0.15, -0.1) is 0 Å². The summed E-state index contributed by atoms with van der Waals surface area (Å²) in [6.07, 6.45) is 2.37. The average Bonchev–Trinajstić information content (AvgIpc) is 2.42. The van der Waals surface area contributed by atoms with E-state index >= 15 is 0 Å². The van der Waals surface area contributed by atoms with E-state index in [-0.39, 0.29) is 12.1 Å². The summed E-state index contributed by atoms with van der Waals surface area (Å²) in [5.41, 5.74) is 1.24. The van der Waals surface area contributed by atoms with Crippen LogP contribution in [0.1, 0.15) is 25.3 Å². The standard InChI is InChI=1S/C14H20NO4P/c1-13(16)15(10-6-12-20(17)18)19-11-5-9-14-7-3-2-4-8-14/h2-4,7-8H,5-6,9-12H2,1H3/p+1. The number of benzene rings is 1. The molecular formula is C14H21NO4P+. The van der Waals surface area contributed by atoms with Gasteiger partial charge in [0.15, 0.2) is 6.16 Å². The van der Waals surface area contributed by atoms with Crippen molar-refractivity contribution in [2.45, 2.75) is 26.2 Å². The summed E-state index contributed by atoms with van der Waals surface area (Å²) in [5, 5.41) is 1.27. The van der Waals surface area contributed by atoms with Crippen LogP contribution in [0.15, 0.2) is 30.3 Å². The topological polar surface area (TPSA) is 66.8 Å². The number of rotatable bonds is 9. The van der Waals surface area contributed by atoms with Crippen molar-refractivity contribution in [2.75, 3.05) is 19.3 Å². The van der Waals surface area contributed by atoms with Crippen LogP contribution in [0.5, 0.6) is 0 Å². The highest BCUT2D eigenvalue weighted by Crippen LogP contribution is 2.14. The fourth-order valence-electron chi connectivity index (χ4n) is 1.76. The molecule has 0 fully saturated rings. The van der Waals surface area contributed by atoms with Gasteiger partial charge in [0.1, 0.15) is 0 Å². The second-order valence-corrected chi connectivity index (χ2v) is 5.62. The zero-order valence-corrected chi connectivity index (χ0v) is 12.6. The lowest BCUT2D eigenvalue weighted by molar-refractivity contribution is -0.184. The second-order valence-electron chi connectivity index (χ2n) is 4.47. The van der Waals surface area contributed by atoms with Crippen molar-refractivity contribution >= 4 is 13.9 Å². The number of amides is 1. The minimum atomic E-state index is -2.14. The first-order valence-electron chi connectivity index (χ1n) is 6.68. The van der Waals surface area contributed by atoms with Crippen LogP contribution in [-0.4, -0.2) is 35.2 Å². The Kier molecular flexibility index (Phi) is 8.04. The third-order valence-electron chi connectivity index (χ3n) is 2.76. The summed E-state index contributed by atoms with van der Waals surface area (Å²) in [6, 6.07) is 10.1. The Morgan fingerprint density at radius 3 is 2.60 bits per heavy atom.